The maximum absolute atomic E-state index is 3.87. The first-order chi connectivity index (χ1) is 5.47. The molecule has 11 heavy (non-hydrogen) atoms. The molecule has 0 atom stereocenters. The third-order valence-corrected chi connectivity index (χ3v) is 1.45. The van der Waals surface area contributed by atoms with Gasteiger partial charge in [-0.3, -0.25) is 10.1 Å². The molecule has 3 nitrogen and oxygen atoms in total. The van der Waals surface area contributed by atoms with E-state index in [2.05, 4.69) is 21.4 Å². The first kappa shape index (κ1) is 6.09. The van der Waals surface area contributed by atoms with Crippen molar-refractivity contribution in [2.24, 2.45) is 0 Å². The van der Waals surface area contributed by atoms with Crippen molar-refractivity contribution in [3.63, 3.8) is 0 Å². The Labute approximate surface area is 64.1 Å². The number of pyridine rings is 1. The van der Waals surface area contributed by atoms with Crippen LogP contribution < -0.4 is 0 Å². The van der Waals surface area contributed by atoms with Gasteiger partial charge >= 0.3 is 0 Å². The molecular weight excluding hydrogens is 138 g/mol. The average molecular weight is 144 g/mol. The van der Waals surface area contributed by atoms with E-state index in [1.807, 2.05) is 12.3 Å². The number of aromatic amines is 1. The zero-order valence-corrected chi connectivity index (χ0v) is 5.78. The number of hydrogen-bond donors (Lipinski definition) is 1. The van der Waals surface area contributed by atoms with Gasteiger partial charge in [0.05, 0.1) is 12.4 Å². The van der Waals surface area contributed by atoms with Crippen molar-refractivity contribution in [3.05, 3.63) is 36.9 Å². The summed E-state index contributed by atoms with van der Waals surface area (Å²) in [7, 11) is 0. The minimum absolute atomic E-state index is 1.05. The van der Waals surface area contributed by atoms with E-state index in [9.17, 15) is 0 Å². The molecule has 0 amide bonds. The van der Waals surface area contributed by atoms with Crippen LogP contribution in [0, 0.1) is 6.20 Å². The predicted molar refractivity (Wildman–Crippen MR) is 40.7 cm³/mol. The molecule has 0 fully saturated rings. The minimum Gasteiger partial charge on any atom is -0.285 e. The number of rotatable bonds is 1. The summed E-state index contributed by atoms with van der Waals surface area (Å²) < 4.78 is 0. The van der Waals surface area contributed by atoms with Crippen molar-refractivity contribution in [2.45, 2.75) is 0 Å². The van der Waals surface area contributed by atoms with Crippen LogP contribution in [0.2, 0.25) is 0 Å². The second-order valence-electron chi connectivity index (χ2n) is 2.16. The van der Waals surface area contributed by atoms with E-state index < -0.39 is 0 Å². The molecule has 0 unspecified atom stereocenters. The number of nitrogens with zero attached hydrogens (tertiary/aromatic N) is 2. The van der Waals surface area contributed by atoms with Crippen molar-refractivity contribution in [2.75, 3.05) is 0 Å². The highest BCUT2D eigenvalue weighted by Gasteiger charge is 1.95. The molecule has 2 aromatic heterocycles. The Morgan fingerprint density at radius 1 is 1.27 bits per heavy atom. The van der Waals surface area contributed by atoms with E-state index in [0.29, 0.717) is 0 Å². The van der Waals surface area contributed by atoms with Gasteiger partial charge in [-0.25, -0.2) is 0 Å². The molecule has 2 aromatic rings. The van der Waals surface area contributed by atoms with Crippen molar-refractivity contribution in [1.82, 2.24) is 15.2 Å². The molecule has 0 saturated carbocycles. The second-order valence-corrected chi connectivity index (χ2v) is 2.16. The zero-order valence-electron chi connectivity index (χ0n) is 5.78. The molecule has 0 aromatic carbocycles. The van der Waals surface area contributed by atoms with E-state index in [0.717, 1.165) is 11.1 Å². The summed E-state index contributed by atoms with van der Waals surface area (Å²) in [6.45, 7) is 0. The van der Waals surface area contributed by atoms with Crippen molar-refractivity contribution >= 4 is 0 Å². The minimum atomic E-state index is 1.05. The van der Waals surface area contributed by atoms with Gasteiger partial charge in [0, 0.05) is 23.5 Å². The molecule has 1 radical (unpaired) electrons. The molecule has 2 heterocycles. The quantitative estimate of drug-likeness (QED) is 0.654. The molecule has 1 N–H and O–H groups in total. The third kappa shape index (κ3) is 1.12. The van der Waals surface area contributed by atoms with E-state index in [4.69, 9.17) is 0 Å². The van der Waals surface area contributed by atoms with E-state index >= 15 is 0 Å². The summed E-state index contributed by atoms with van der Waals surface area (Å²) in [5.74, 6) is 0. The van der Waals surface area contributed by atoms with Crippen LogP contribution >= 0.6 is 0 Å². The summed E-state index contributed by atoms with van der Waals surface area (Å²) >= 11 is 0. The monoisotopic (exact) mass is 144 g/mol. The Kier molecular flexibility index (Phi) is 1.41. The van der Waals surface area contributed by atoms with E-state index in [1.165, 1.54) is 0 Å². The Morgan fingerprint density at radius 3 is 2.91 bits per heavy atom. The normalized spacial score (nSPS) is 9.82. The number of hydrogen-bond acceptors (Lipinski definition) is 2. The van der Waals surface area contributed by atoms with Gasteiger partial charge in [0.15, 0.2) is 0 Å². The first-order valence-electron chi connectivity index (χ1n) is 3.28. The van der Waals surface area contributed by atoms with Gasteiger partial charge in [0.25, 0.3) is 0 Å². The van der Waals surface area contributed by atoms with Crippen molar-refractivity contribution in [1.29, 1.82) is 0 Å². The lowest BCUT2D eigenvalue weighted by molar-refractivity contribution is 1.09. The molecule has 0 bridgehead atoms. The maximum Gasteiger partial charge on any atom is 0.0886 e. The average Bonchev–Trinajstić information content (AvgIpc) is 2.58. The van der Waals surface area contributed by atoms with Crippen LogP contribution in [-0.2, 0) is 0 Å². The summed E-state index contributed by atoms with van der Waals surface area (Å²) in [4.78, 5) is 3.87. The molecule has 0 saturated heterocycles. The lowest BCUT2D eigenvalue weighted by Gasteiger charge is -1.91. The molecule has 0 aliphatic carbocycles. The zero-order chi connectivity index (χ0) is 7.52. The standard InChI is InChI=1S/C8H6N3/c1-2-7(4-9-3-1)8-5-10-11-6-8/h1-2,4-6H,(H,10,11). The SMILES string of the molecule is [c]1ccc(-c2cn[nH]c2)cn1. The van der Waals surface area contributed by atoms with Gasteiger partial charge < -0.3 is 0 Å². The fourth-order valence-electron chi connectivity index (χ4n) is 0.899. The van der Waals surface area contributed by atoms with Gasteiger partial charge in [-0.2, -0.15) is 5.10 Å². The topological polar surface area (TPSA) is 41.6 Å². The van der Waals surface area contributed by atoms with E-state index in [1.54, 1.807) is 18.5 Å². The Bertz CT molecular complexity index is 312. The van der Waals surface area contributed by atoms with E-state index in [-0.39, 0.29) is 0 Å². The maximum atomic E-state index is 3.87. The molecule has 0 aliphatic rings. The predicted octanol–water partition coefficient (Wildman–Crippen LogP) is 1.27. The molecule has 0 spiro atoms. The van der Waals surface area contributed by atoms with Gasteiger partial charge in [-0.15, -0.1) is 0 Å². The van der Waals surface area contributed by atoms with Crippen molar-refractivity contribution < 1.29 is 0 Å². The lowest BCUT2D eigenvalue weighted by atomic mass is 10.2. The van der Waals surface area contributed by atoms with Crippen LogP contribution in [0.4, 0.5) is 0 Å². The van der Waals surface area contributed by atoms with Crippen LogP contribution in [0.3, 0.4) is 0 Å². The Morgan fingerprint density at radius 2 is 2.27 bits per heavy atom. The summed E-state index contributed by atoms with van der Waals surface area (Å²) in [5, 5.41) is 6.58. The highest BCUT2D eigenvalue weighted by molar-refractivity contribution is 5.59. The number of nitrogens with one attached hydrogen (secondary N) is 1. The molecule has 2 rings (SSSR count). The molecule has 0 aliphatic heterocycles. The van der Waals surface area contributed by atoms with Crippen LogP contribution in [0.15, 0.2) is 30.7 Å². The van der Waals surface area contributed by atoms with Gasteiger partial charge in [-0.1, -0.05) is 6.07 Å². The summed E-state index contributed by atoms with van der Waals surface area (Å²) in [5.41, 5.74) is 2.10. The smallest absolute Gasteiger partial charge is 0.0886 e. The molecular formula is C8H6N3. The molecule has 53 valence electrons. The fourth-order valence-corrected chi connectivity index (χ4v) is 0.899. The highest BCUT2D eigenvalue weighted by Crippen LogP contribution is 2.14. The van der Waals surface area contributed by atoms with Crippen LogP contribution in [0.25, 0.3) is 11.1 Å². The molecule has 3 heteroatoms. The second kappa shape index (κ2) is 2.54. The largest absolute Gasteiger partial charge is 0.285 e. The van der Waals surface area contributed by atoms with Crippen LogP contribution in [0.1, 0.15) is 0 Å². The summed E-state index contributed by atoms with van der Waals surface area (Å²) in [6.07, 6.45) is 8.06. The fraction of sp³-hybridized carbons (Fsp3) is 0. The Balaban J connectivity index is 2.46. The van der Waals surface area contributed by atoms with Crippen molar-refractivity contribution in [3.8, 4) is 11.1 Å². The van der Waals surface area contributed by atoms with Crippen LogP contribution in [0.5, 0.6) is 0 Å². The lowest BCUT2D eigenvalue weighted by Crippen LogP contribution is -1.74. The van der Waals surface area contributed by atoms with Gasteiger partial charge in [-0.05, 0) is 6.07 Å². The first-order valence-corrected chi connectivity index (χ1v) is 3.28. The Hall–Kier alpha value is -1.64. The van der Waals surface area contributed by atoms with Gasteiger partial charge in [0.1, 0.15) is 0 Å². The highest BCUT2D eigenvalue weighted by atomic mass is 15.1. The van der Waals surface area contributed by atoms with Crippen LogP contribution in [-0.4, -0.2) is 15.2 Å². The number of aromatic nitrogens is 3. The third-order valence-electron chi connectivity index (χ3n) is 1.45. The summed E-state index contributed by atoms with van der Waals surface area (Å²) in [6, 6.07) is 3.72. The number of H-pyrrole nitrogens is 1. The van der Waals surface area contributed by atoms with Gasteiger partial charge in [0.2, 0.25) is 0 Å².